The van der Waals surface area contributed by atoms with E-state index in [0.717, 1.165) is 18.6 Å². The molecule has 8 nitrogen and oxygen atoms in total. The number of carbonyl (C=O) groups is 1. The second kappa shape index (κ2) is 6.31. The summed E-state index contributed by atoms with van der Waals surface area (Å²) in [5.74, 6) is 0.279. The standard InChI is InChI=1S/C15H19N3O5/c1-9-4-10(2)8-16(7-9)15(19)13-5-12(17(20)21)6-14(11(13)3)18(22)23/h5-6,9-10H,4,7-8H2,1-3H3. The number of nitro benzene ring substituents is 2. The fourth-order valence-electron chi connectivity index (χ4n) is 3.20. The van der Waals surface area contributed by atoms with Gasteiger partial charge in [0.2, 0.25) is 0 Å². The van der Waals surface area contributed by atoms with E-state index in [1.807, 2.05) is 13.8 Å². The van der Waals surface area contributed by atoms with E-state index in [-0.39, 0.29) is 17.0 Å². The molecule has 1 aromatic carbocycles. The van der Waals surface area contributed by atoms with Crippen LogP contribution in [0.15, 0.2) is 12.1 Å². The van der Waals surface area contributed by atoms with E-state index < -0.39 is 21.2 Å². The molecule has 1 aliphatic rings. The lowest BCUT2D eigenvalue weighted by Crippen LogP contribution is -2.42. The zero-order valence-electron chi connectivity index (χ0n) is 13.3. The number of benzene rings is 1. The largest absolute Gasteiger partial charge is 0.338 e. The lowest BCUT2D eigenvalue weighted by atomic mass is 9.91. The highest BCUT2D eigenvalue weighted by Crippen LogP contribution is 2.30. The second-order valence-corrected chi connectivity index (χ2v) is 6.31. The molecule has 2 atom stereocenters. The molecule has 2 unspecified atom stereocenters. The molecule has 0 bridgehead atoms. The maximum atomic E-state index is 12.7. The molecule has 2 rings (SSSR count). The third kappa shape index (κ3) is 3.46. The molecule has 1 fully saturated rings. The van der Waals surface area contributed by atoms with Crippen LogP contribution in [-0.2, 0) is 0 Å². The van der Waals surface area contributed by atoms with E-state index >= 15 is 0 Å². The summed E-state index contributed by atoms with van der Waals surface area (Å²) in [5.41, 5.74) is -0.645. The van der Waals surface area contributed by atoms with Gasteiger partial charge in [0.1, 0.15) is 0 Å². The molecule has 1 aromatic rings. The van der Waals surface area contributed by atoms with Crippen molar-refractivity contribution in [3.8, 4) is 0 Å². The van der Waals surface area contributed by atoms with E-state index in [2.05, 4.69) is 0 Å². The summed E-state index contributed by atoms with van der Waals surface area (Å²) in [7, 11) is 0. The van der Waals surface area contributed by atoms with Crippen molar-refractivity contribution in [2.24, 2.45) is 11.8 Å². The number of piperidine rings is 1. The molecule has 0 radical (unpaired) electrons. The van der Waals surface area contributed by atoms with Gasteiger partial charge in [-0.1, -0.05) is 13.8 Å². The van der Waals surface area contributed by atoms with Crippen LogP contribution in [0.5, 0.6) is 0 Å². The fourth-order valence-corrected chi connectivity index (χ4v) is 3.20. The topological polar surface area (TPSA) is 107 Å². The number of rotatable bonds is 3. The predicted octanol–water partition coefficient (Wildman–Crippen LogP) is 2.93. The second-order valence-electron chi connectivity index (χ2n) is 6.31. The van der Waals surface area contributed by atoms with Gasteiger partial charge in [-0.05, 0) is 25.2 Å². The summed E-state index contributed by atoms with van der Waals surface area (Å²) in [4.78, 5) is 35.1. The number of amides is 1. The van der Waals surface area contributed by atoms with Crippen LogP contribution in [-0.4, -0.2) is 33.7 Å². The van der Waals surface area contributed by atoms with Crippen LogP contribution in [0.3, 0.4) is 0 Å². The monoisotopic (exact) mass is 321 g/mol. The summed E-state index contributed by atoms with van der Waals surface area (Å²) < 4.78 is 0. The first kappa shape index (κ1) is 16.9. The lowest BCUT2D eigenvalue weighted by molar-refractivity contribution is -0.394. The van der Waals surface area contributed by atoms with Gasteiger partial charge in [0.25, 0.3) is 17.3 Å². The van der Waals surface area contributed by atoms with Crippen molar-refractivity contribution in [3.05, 3.63) is 43.5 Å². The summed E-state index contributed by atoms with van der Waals surface area (Å²) in [6.45, 7) is 6.64. The first-order valence-corrected chi connectivity index (χ1v) is 7.43. The van der Waals surface area contributed by atoms with Crippen molar-refractivity contribution in [1.29, 1.82) is 0 Å². The molecule has 0 aliphatic carbocycles. The molecular weight excluding hydrogens is 302 g/mol. The molecule has 1 amide bonds. The van der Waals surface area contributed by atoms with E-state index in [1.54, 1.807) is 4.90 Å². The number of likely N-dealkylation sites (tertiary alicyclic amines) is 1. The molecule has 0 aromatic heterocycles. The van der Waals surface area contributed by atoms with Crippen LogP contribution in [0.1, 0.15) is 36.2 Å². The van der Waals surface area contributed by atoms with Crippen LogP contribution >= 0.6 is 0 Å². The van der Waals surface area contributed by atoms with Crippen molar-refractivity contribution in [3.63, 3.8) is 0 Å². The van der Waals surface area contributed by atoms with Crippen LogP contribution in [0.25, 0.3) is 0 Å². The lowest BCUT2D eigenvalue weighted by Gasteiger charge is -2.35. The third-order valence-corrected chi connectivity index (χ3v) is 4.16. The van der Waals surface area contributed by atoms with Crippen LogP contribution in [0, 0.1) is 39.0 Å². The highest BCUT2D eigenvalue weighted by Gasteiger charge is 2.30. The maximum absolute atomic E-state index is 12.7. The van der Waals surface area contributed by atoms with Crippen LogP contribution < -0.4 is 0 Å². The Hall–Kier alpha value is -2.51. The van der Waals surface area contributed by atoms with Gasteiger partial charge in [0.15, 0.2) is 0 Å². The molecule has 23 heavy (non-hydrogen) atoms. The number of non-ortho nitro benzene ring substituents is 1. The quantitative estimate of drug-likeness (QED) is 0.628. The minimum absolute atomic E-state index is 0.0344. The average molecular weight is 321 g/mol. The van der Waals surface area contributed by atoms with Crippen LogP contribution in [0.4, 0.5) is 11.4 Å². The SMILES string of the molecule is Cc1c(C(=O)N2CC(C)CC(C)C2)cc([N+](=O)[O-])cc1[N+](=O)[O-]. The van der Waals surface area contributed by atoms with E-state index in [0.29, 0.717) is 24.9 Å². The number of nitrogens with zero attached hydrogens (tertiary/aromatic N) is 3. The van der Waals surface area contributed by atoms with Crippen molar-refractivity contribution in [1.82, 2.24) is 4.90 Å². The number of hydrogen-bond acceptors (Lipinski definition) is 5. The van der Waals surface area contributed by atoms with Crippen molar-refractivity contribution >= 4 is 17.3 Å². The van der Waals surface area contributed by atoms with Crippen molar-refractivity contribution in [2.75, 3.05) is 13.1 Å². The minimum atomic E-state index is -0.718. The van der Waals surface area contributed by atoms with E-state index in [1.165, 1.54) is 6.92 Å². The van der Waals surface area contributed by atoms with Gasteiger partial charge < -0.3 is 4.90 Å². The maximum Gasteiger partial charge on any atom is 0.279 e. The van der Waals surface area contributed by atoms with Crippen LogP contribution in [0.2, 0.25) is 0 Å². The van der Waals surface area contributed by atoms with Gasteiger partial charge in [-0.15, -0.1) is 0 Å². The van der Waals surface area contributed by atoms with Gasteiger partial charge in [-0.2, -0.15) is 0 Å². The molecule has 1 aliphatic heterocycles. The Morgan fingerprint density at radius 3 is 2.17 bits per heavy atom. The summed E-state index contributed by atoms with van der Waals surface area (Å²) in [6, 6.07) is 2.03. The minimum Gasteiger partial charge on any atom is -0.338 e. The molecule has 0 N–H and O–H groups in total. The Labute approximate surface area is 133 Å². The smallest absolute Gasteiger partial charge is 0.279 e. The number of carbonyl (C=O) groups excluding carboxylic acids is 1. The Morgan fingerprint density at radius 1 is 1.13 bits per heavy atom. The first-order valence-electron chi connectivity index (χ1n) is 7.43. The molecule has 8 heteroatoms. The Morgan fingerprint density at radius 2 is 1.70 bits per heavy atom. The first-order chi connectivity index (χ1) is 10.7. The molecule has 0 spiro atoms. The zero-order valence-corrected chi connectivity index (χ0v) is 13.3. The van der Waals surface area contributed by atoms with Crippen molar-refractivity contribution < 1.29 is 14.6 Å². The molecule has 1 heterocycles. The van der Waals surface area contributed by atoms with Gasteiger partial charge in [-0.25, -0.2) is 0 Å². The average Bonchev–Trinajstić information content (AvgIpc) is 2.45. The number of nitro groups is 2. The molecular formula is C15H19N3O5. The molecule has 1 saturated heterocycles. The van der Waals surface area contributed by atoms with Gasteiger partial charge in [0, 0.05) is 24.7 Å². The van der Waals surface area contributed by atoms with Gasteiger partial charge in [-0.3, -0.25) is 25.0 Å². The predicted molar refractivity (Wildman–Crippen MR) is 83.3 cm³/mol. The fraction of sp³-hybridized carbons (Fsp3) is 0.533. The highest BCUT2D eigenvalue weighted by atomic mass is 16.6. The molecule has 0 saturated carbocycles. The highest BCUT2D eigenvalue weighted by molar-refractivity contribution is 5.97. The number of hydrogen-bond donors (Lipinski definition) is 0. The summed E-state index contributed by atoms with van der Waals surface area (Å²) in [6.07, 6.45) is 1.01. The third-order valence-electron chi connectivity index (χ3n) is 4.16. The normalized spacial score (nSPS) is 21.1. The Kier molecular flexibility index (Phi) is 4.63. The van der Waals surface area contributed by atoms with Gasteiger partial charge in [0.05, 0.1) is 21.5 Å². The van der Waals surface area contributed by atoms with E-state index in [4.69, 9.17) is 0 Å². The van der Waals surface area contributed by atoms with Crippen molar-refractivity contribution in [2.45, 2.75) is 27.2 Å². The Balaban J connectivity index is 2.46. The Bertz CT molecular complexity index is 663. The molecule has 124 valence electrons. The summed E-state index contributed by atoms with van der Waals surface area (Å²) >= 11 is 0. The van der Waals surface area contributed by atoms with Gasteiger partial charge >= 0.3 is 0 Å². The zero-order chi connectivity index (χ0) is 17.3. The van der Waals surface area contributed by atoms with E-state index in [9.17, 15) is 25.0 Å². The summed E-state index contributed by atoms with van der Waals surface area (Å²) in [5, 5.41) is 22.1.